The van der Waals surface area contributed by atoms with Crippen LogP contribution in [0.3, 0.4) is 0 Å². The molecular formula is C20H34N4O. The van der Waals surface area contributed by atoms with Gasteiger partial charge in [0, 0.05) is 39.3 Å². The average molecular weight is 347 g/mol. The fourth-order valence-electron chi connectivity index (χ4n) is 3.16. The van der Waals surface area contributed by atoms with Gasteiger partial charge in [0.1, 0.15) is 0 Å². The lowest BCUT2D eigenvalue weighted by Crippen LogP contribution is -2.48. The molecule has 1 aromatic carbocycles. The lowest BCUT2D eigenvalue weighted by Gasteiger charge is -2.32. The van der Waals surface area contributed by atoms with Gasteiger partial charge in [0.2, 0.25) is 0 Å². The molecule has 25 heavy (non-hydrogen) atoms. The Morgan fingerprint density at radius 3 is 2.44 bits per heavy atom. The lowest BCUT2D eigenvalue weighted by molar-refractivity contribution is 0.134. The van der Waals surface area contributed by atoms with Crippen molar-refractivity contribution in [3.63, 3.8) is 0 Å². The number of piperidine rings is 1. The Balaban J connectivity index is 1.73. The highest BCUT2D eigenvalue weighted by Crippen LogP contribution is 2.10. The summed E-state index contributed by atoms with van der Waals surface area (Å²) in [5, 5.41) is 7.00. The monoisotopic (exact) mass is 346 g/mol. The summed E-state index contributed by atoms with van der Waals surface area (Å²) in [5.74, 6) is 0.896. The number of ether oxygens (including phenoxy) is 1. The van der Waals surface area contributed by atoms with Crippen molar-refractivity contribution >= 4 is 5.96 Å². The number of aliphatic imine (C=N–C) groups is 1. The van der Waals surface area contributed by atoms with Crippen LogP contribution < -0.4 is 10.6 Å². The van der Waals surface area contributed by atoms with Crippen LogP contribution in [0.15, 0.2) is 29.3 Å². The van der Waals surface area contributed by atoms with Crippen LogP contribution in [0.5, 0.6) is 0 Å². The molecule has 5 nitrogen and oxygen atoms in total. The fraction of sp³-hybridized carbons (Fsp3) is 0.650. The molecule has 0 unspecified atom stereocenters. The molecule has 0 aromatic heterocycles. The molecule has 1 aromatic rings. The minimum Gasteiger partial charge on any atom is -0.377 e. The van der Waals surface area contributed by atoms with Crippen molar-refractivity contribution < 1.29 is 4.74 Å². The van der Waals surface area contributed by atoms with Gasteiger partial charge in [-0.05, 0) is 43.9 Å². The molecule has 0 saturated carbocycles. The Kier molecular flexibility index (Phi) is 8.77. The van der Waals surface area contributed by atoms with E-state index >= 15 is 0 Å². The largest absolute Gasteiger partial charge is 0.377 e. The highest BCUT2D eigenvalue weighted by molar-refractivity contribution is 5.79. The Bertz CT molecular complexity index is 507. The van der Waals surface area contributed by atoms with E-state index in [4.69, 9.17) is 4.74 Å². The van der Waals surface area contributed by atoms with Gasteiger partial charge in [-0.3, -0.25) is 4.99 Å². The van der Waals surface area contributed by atoms with E-state index in [9.17, 15) is 0 Å². The Hall–Kier alpha value is -1.59. The first-order valence-electron chi connectivity index (χ1n) is 9.60. The molecule has 140 valence electrons. The summed E-state index contributed by atoms with van der Waals surface area (Å²) < 4.78 is 5.43. The van der Waals surface area contributed by atoms with Crippen molar-refractivity contribution in [2.45, 2.75) is 52.3 Å². The second-order valence-corrected chi connectivity index (χ2v) is 6.64. The van der Waals surface area contributed by atoms with Gasteiger partial charge in [-0.25, -0.2) is 0 Å². The van der Waals surface area contributed by atoms with Crippen molar-refractivity contribution in [1.29, 1.82) is 0 Å². The summed E-state index contributed by atoms with van der Waals surface area (Å²) in [5.41, 5.74) is 2.47. The number of likely N-dealkylation sites (tertiary alicyclic amines) is 1. The third kappa shape index (κ3) is 7.04. The number of nitrogens with one attached hydrogen (secondary N) is 2. The van der Waals surface area contributed by atoms with Gasteiger partial charge in [0.15, 0.2) is 5.96 Å². The number of rotatable bonds is 8. The molecule has 0 amide bonds. The molecule has 0 radical (unpaired) electrons. The van der Waals surface area contributed by atoms with E-state index in [1.54, 1.807) is 0 Å². The minimum absolute atomic E-state index is 0.521. The predicted octanol–water partition coefficient (Wildman–Crippen LogP) is 2.76. The summed E-state index contributed by atoms with van der Waals surface area (Å²) in [4.78, 5) is 6.93. The molecule has 0 spiro atoms. The maximum absolute atomic E-state index is 5.43. The van der Waals surface area contributed by atoms with Crippen LogP contribution in [0.1, 0.15) is 44.2 Å². The van der Waals surface area contributed by atoms with Gasteiger partial charge < -0.3 is 20.3 Å². The summed E-state index contributed by atoms with van der Waals surface area (Å²) >= 11 is 0. The smallest absolute Gasteiger partial charge is 0.191 e. The first-order chi connectivity index (χ1) is 12.2. The van der Waals surface area contributed by atoms with Crippen molar-refractivity contribution in [3.8, 4) is 0 Å². The number of nitrogens with zero attached hydrogens (tertiary/aromatic N) is 2. The molecule has 0 bridgehead atoms. The number of benzene rings is 1. The molecule has 1 saturated heterocycles. The van der Waals surface area contributed by atoms with Gasteiger partial charge >= 0.3 is 0 Å². The van der Waals surface area contributed by atoms with Gasteiger partial charge in [0.25, 0.3) is 0 Å². The molecule has 5 heteroatoms. The molecule has 2 rings (SSSR count). The highest BCUT2D eigenvalue weighted by Gasteiger charge is 2.19. The Labute approximate surface area is 152 Å². The SMILES string of the molecule is CCCN1CCC(NC(=NC)NCc2ccc(COCC)cc2)CC1. The average Bonchev–Trinajstić information content (AvgIpc) is 2.66. The van der Waals surface area contributed by atoms with Gasteiger partial charge in [-0.15, -0.1) is 0 Å². The third-order valence-electron chi connectivity index (χ3n) is 4.65. The molecular weight excluding hydrogens is 312 g/mol. The van der Waals surface area contributed by atoms with E-state index in [0.717, 1.165) is 19.1 Å². The van der Waals surface area contributed by atoms with E-state index in [-0.39, 0.29) is 0 Å². The van der Waals surface area contributed by atoms with Crippen molar-refractivity contribution in [3.05, 3.63) is 35.4 Å². The normalized spacial score (nSPS) is 16.8. The van der Waals surface area contributed by atoms with Crippen LogP contribution in [0.2, 0.25) is 0 Å². The molecule has 1 heterocycles. The van der Waals surface area contributed by atoms with Crippen LogP contribution >= 0.6 is 0 Å². The van der Waals surface area contributed by atoms with E-state index in [1.165, 1.54) is 50.0 Å². The van der Waals surface area contributed by atoms with E-state index in [0.29, 0.717) is 12.6 Å². The van der Waals surface area contributed by atoms with Crippen molar-refractivity contribution in [2.24, 2.45) is 4.99 Å². The first kappa shape index (κ1) is 19.7. The number of hydrogen-bond donors (Lipinski definition) is 2. The minimum atomic E-state index is 0.521. The summed E-state index contributed by atoms with van der Waals surface area (Å²) in [7, 11) is 1.84. The zero-order chi connectivity index (χ0) is 17.9. The van der Waals surface area contributed by atoms with E-state index in [1.807, 2.05) is 14.0 Å². The summed E-state index contributed by atoms with van der Waals surface area (Å²) in [6.45, 7) is 10.1. The van der Waals surface area contributed by atoms with Crippen LogP contribution in [-0.4, -0.2) is 50.2 Å². The standard InChI is InChI=1S/C20H34N4O/c1-4-12-24-13-10-19(11-14-24)23-20(21-3)22-15-17-6-8-18(9-7-17)16-25-5-2/h6-9,19H,4-5,10-16H2,1-3H3,(H2,21,22,23). The number of guanidine groups is 1. The van der Waals surface area contributed by atoms with E-state index < -0.39 is 0 Å². The molecule has 1 aliphatic rings. The van der Waals surface area contributed by atoms with Crippen molar-refractivity contribution in [2.75, 3.05) is 33.3 Å². The van der Waals surface area contributed by atoms with Crippen LogP contribution in [0, 0.1) is 0 Å². The second kappa shape index (κ2) is 11.1. The topological polar surface area (TPSA) is 48.9 Å². The van der Waals surface area contributed by atoms with E-state index in [2.05, 4.69) is 51.7 Å². The lowest BCUT2D eigenvalue weighted by atomic mass is 10.1. The first-order valence-corrected chi connectivity index (χ1v) is 9.60. The van der Waals surface area contributed by atoms with Crippen LogP contribution in [0.25, 0.3) is 0 Å². The molecule has 2 N–H and O–H groups in total. The molecule has 1 aliphatic heterocycles. The van der Waals surface area contributed by atoms with Gasteiger partial charge in [-0.2, -0.15) is 0 Å². The highest BCUT2D eigenvalue weighted by atomic mass is 16.5. The van der Waals surface area contributed by atoms with Crippen LogP contribution in [-0.2, 0) is 17.9 Å². The number of hydrogen-bond acceptors (Lipinski definition) is 3. The summed E-state index contributed by atoms with van der Waals surface area (Å²) in [6.07, 6.45) is 3.62. The quantitative estimate of drug-likeness (QED) is 0.561. The van der Waals surface area contributed by atoms with Gasteiger partial charge in [0.05, 0.1) is 6.61 Å². The molecule has 0 atom stereocenters. The summed E-state index contributed by atoms with van der Waals surface area (Å²) in [6, 6.07) is 9.09. The zero-order valence-corrected chi connectivity index (χ0v) is 16.1. The van der Waals surface area contributed by atoms with Crippen molar-refractivity contribution in [1.82, 2.24) is 15.5 Å². The van der Waals surface area contributed by atoms with Crippen LogP contribution in [0.4, 0.5) is 0 Å². The second-order valence-electron chi connectivity index (χ2n) is 6.64. The fourth-order valence-corrected chi connectivity index (χ4v) is 3.16. The van der Waals surface area contributed by atoms with Gasteiger partial charge in [-0.1, -0.05) is 31.2 Å². The third-order valence-corrected chi connectivity index (χ3v) is 4.65. The maximum Gasteiger partial charge on any atom is 0.191 e. The molecule has 0 aliphatic carbocycles. The Morgan fingerprint density at radius 1 is 1.16 bits per heavy atom. The predicted molar refractivity (Wildman–Crippen MR) is 105 cm³/mol. The zero-order valence-electron chi connectivity index (χ0n) is 16.1. The maximum atomic E-state index is 5.43. The molecule has 1 fully saturated rings. The Morgan fingerprint density at radius 2 is 1.84 bits per heavy atom.